The largest absolute Gasteiger partial charge is 0.497 e. The predicted octanol–water partition coefficient (Wildman–Crippen LogP) is 3.56. The van der Waals surface area contributed by atoms with Crippen molar-refractivity contribution in [2.75, 3.05) is 12.4 Å². The maximum absolute atomic E-state index is 12.1. The quantitative estimate of drug-likeness (QED) is 0.910. The van der Waals surface area contributed by atoms with Crippen LogP contribution in [0.4, 0.5) is 5.69 Å². The van der Waals surface area contributed by atoms with Gasteiger partial charge in [0.25, 0.3) is 5.91 Å². The number of amides is 1. The van der Waals surface area contributed by atoms with Crippen LogP contribution in [0, 0.1) is 13.8 Å². The van der Waals surface area contributed by atoms with Crippen LogP contribution in [-0.2, 0) is 0 Å². The highest BCUT2D eigenvalue weighted by molar-refractivity contribution is 6.04. The van der Waals surface area contributed by atoms with Gasteiger partial charge in [0.1, 0.15) is 5.75 Å². The number of carbonyl (C=O) groups excluding carboxylic acids is 1. The van der Waals surface area contributed by atoms with E-state index in [0.29, 0.717) is 5.56 Å². The Kier molecular flexibility index (Phi) is 3.85. The molecule has 3 nitrogen and oxygen atoms in total. The molecule has 2 aromatic carbocycles. The van der Waals surface area contributed by atoms with Crippen LogP contribution in [0.1, 0.15) is 21.5 Å². The molecule has 2 aromatic rings. The molecule has 1 amide bonds. The van der Waals surface area contributed by atoms with Gasteiger partial charge in [0.05, 0.1) is 7.11 Å². The Labute approximate surface area is 113 Å². The molecule has 0 bridgehead atoms. The van der Waals surface area contributed by atoms with Crippen molar-refractivity contribution in [2.24, 2.45) is 0 Å². The number of ether oxygens (including phenoxy) is 1. The van der Waals surface area contributed by atoms with Gasteiger partial charge in [0.15, 0.2) is 0 Å². The summed E-state index contributed by atoms with van der Waals surface area (Å²) < 4.78 is 5.13. The fourth-order valence-corrected chi connectivity index (χ4v) is 1.79. The summed E-state index contributed by atoms with van der Waals surface area (Å²) in [4.78, 5) is 12.1. The molecule has 0 spiro atoms. The molecular weight excluding hydrogens is 238 g/mol. The van der Waals surface area contributed by atoms with Crippen molar-refractivity contribution < 1.29 is 9.53 Å². The van der Waals surface area contributed by atoms with Gasteiger partial charge in [-0.15, -0.1) is 0 Å². The summed E-state index contributed by atoms with van der Waals surface area (Å²) in [6.07, 6.45) is 0. The van der Waals surface area contributed by atoms with Gasteiger partial charge in [-0.2, -0.15) is 0 Å². The minimum Gasteiger partial charge on any atom is -0.497 e. The summed E-state index contributed by atoms with van der Waals surface area (Å²) in [5.41, 5.74) is 3.67. The number of benzene rings is 2. The molecule has 19 heavy (non-hydrogen) atoms. The molecule has 0 aliphatic carbocycles. The van der Waals surface area contributed by atoms with E-state index in [-0.39, 0.29) is 5.91 Å². The van der Waals surface area contributed by atoms with Crippen LogP contribution in [0.2, 0.25) is 0 Å². The van der Waals surface area contributed by atoms with E-state index in [2.05, 4.69) is 5.32 Å². The van der Waals surface area contributed by atoms with E-state index in [9.17, 15) is 4.79 Å². The molecule has 0 fully saturated rings. The number of anilines is 1. The van der Waals surface area contributed by atoms with Crippen molar-refractivity contribution in [3.8, 4) is 5.75 Å². The second kappa shape index (κ2) is 5.57. The number of hydrogen-bond acceptors (Lipinski definition) is 2. The van der Waals surface area contributed by atoms with Gasteiger partial charge in [-0.3, -0.25) is 4.79 Å². The predicted molar refractivity (Wildman–Crippen MR) is 76.9 cm³/mol. The molecule has 0 radical (unpaired) electrons. The maximum atomic E-state index is 12.1. The van der Waals surface area contributed by atoms with Gasteiger partial charge in [-0.25, -0.2) is 0 Å². The Hall–Kier alpha value is -2.29. The van der Waals surface area contributed by atoms with Gasteiger partial charge < -0.3 is 10.1 Å². The highest BCUT2D eigenvalue weighted by Crippen LogP contribution is 2.18. The lowest BCUT2D eigenvalue weighted by Gasteiger charge is -2.08. The van der Waals surface area contributed by atoms with E-state index >= 15 is 0 Å². The van der Waals surface area contributed by atoms with Crippen LogP contribution < -0.4 is 10.1 Å². The smallest absolute Gasteiger partial charge is 0.255 e. The lowest BCUT2D eigenvalue weighted by molar-refractivity contribution is 0.102. The summed E-state index contributed by atoms with van der Waals surface area (Å²) in [5, 5.41) is 2.86. The van der Waals surface area contributed by atoms with Crippen LogP contribution in [0.5, 0.6) is 5.75 Å². The SMILES string of the molecule is COc1cccc(NC(=O)c2ccc(C)c(C)c2)c1. The van der Waals surface area contributed by atoms with Gasteiger partial charge in [0, 0.05) is 17.3 Å². The second-order valence-electron chi connectivity index (χ2n) is 4.49. The standard InChI is InChI=1S/C16H17NO2/c1-11-7-8-13(9-12(11)2)16(18)17-14-5-4-6-15(10-14)19-3/h4-10H,1-3H3,(H,17,18). The van der Waals surface area contributed by atoms with E-state index in [1.807, 2.05) is 50.2 Å². The summed E-state index contributed by atoms with van der Waals surface area (Å²) in [5.74, 6) is 0.606. The summed E-state index contributed by atoms with van der Waals surface area (Å²) in [7, 11) is 1.60. The minimum absolute atomic E-state index is 0.114. The third-order valence-corrected chi connectivity index (χ3v) is 3.10. The molecule has 3 heteroatoms. The molecule has 0 unspecified atom stereocenters. The van der Waals surface area contributed by atoms with Crippen molar-refractivity contribution >= 4 is 11.6 Å². The highest BCUT2D eigenvalue weighted by Gasteiger charge is 2.07. The Morgan fingerprint density at radius 3 is 2.53 bits per heavy atom. The zero-order valence-electron chi connectivity index (χ0n) is 11.4. The summed E-state index contributed by atoms with van der Waals surface area (Å²) >= 11 is 0. The highest BCUT2D eigenvalue weighted by atomic mass is 16.5. The van der Waals surface area contributed by atoms with Crippen LogP contribution in [-0.4, -0.2) is 13.0 Å². The fourth-order valence-electron chi connectivity index (χ4n) is 1.79. The van der Waals surface area contributed by atoms with E-state index in [1.165, 1.54) is 5.56 Å². The van der Waals surface area contributed by atoms with Crippen molar-refractivity contribution in [1.29, 1.82) is 0 Å². The number of rotatable bonds is 3. The monoisotopic (exact) mass is 255 g/mol. The molecule has 0 heterocycles. The van der Waals surface area contributed by atoms with Gasteiger partial charge >= 0.3 is 0 Å². The third-order valence-electron chi connectivity index (χ3n) is 3.10. The van der Waals surface area contributed by atoms with E-state index in [1.54, 1.807) is 13.2 Å². The first kappa shape index (κ1) is 13.1. The molecule has 0 aliphatic rings. The fraction of sp³-hybridized carbons (Fsp3) is 0.188. The Bertz CT molecular complexity index is 605. The number of nitrogens with one attached hydrogen (secondary N) is 1. The maximum Gasteiger partial charge on any atom is 0.255 e. The first-order chi connectivity index (χ1) is 9.10. The number of hydrogen-bond donors (Lipinski definition) is 1. The van der Waals surface area contributed by atoms with Gasteiger partial charge in [-0.1, -0.05) is 12.1 Å². The zero-order valence-corrected chi connectivity index (χ0v) is 11.4. The van der Waals surface area contributed by atoms with Crippen LogP contribution in [0.15, 0.2) is 42.5 Å². The lowest BCUT2D eigenvalue weighted by atomic mass is 10.1. The average molecular weight is 255 g/mol. The summed E-state index contributed by atoms with van der Waals surface area (Å²) in [6, 6.07) is 13.0. The minimum atomic E-state index is -0.114. The van der Waals surface area contributed by atoms with E-state index < -0.39 is 0 Å². The zero-order chi connectivity index (χ0) is 13.8. The molecule has 0 aromatic heterocycles. The Morgan fingerprint density at radius 2 is 1.84 bits per heavy atom. The van der Waals surface area contributed by atoms with Crippen molar-refractivity contribution in [1.82, 2.24) is 0 Å². The van der Waals surface area contributed by atoms with E-state index in [0.717, 1.165) is 17.0 Å². The normalized spacial score (nSPS) is 10.1. The molecule has 0 saturated heterocycles. The van der Waals surface area contributed by atoms with Crippen molar-refractivity contribution in [3.63, 3.8) is 0 Å². The molecule has 0 atom stereocenters. The molecule has 98 valence electrons. The number of methoxy groups -OCH3 is 1. The van der Waals surface area contributed by atoms with Crippen molar-refractivity contribution in [3.05, 3.63) is 59.2 Å². The first-order valence-electron chi connectivity index (χ1n) is 6.13. The molecule has 1 N–H and O–H groups in total. The molecule has 2 rings (SSSR count). The average Bonchev–Trinajstić information content (AvgIpc) is 2.42. The van der Waals surface area contributed by atoms with Crippen molar-refractivity contribution in [2.45, 2.75) is 13.8 Å². The molecular formula is C16H17NO2. The molecule has 0 aliphatic heterocycles. The molecule has 0 saturated carbocycles. The topological polar surface area (TPSA) is 38.3 Å². The number of carbonyl (C=O) groups is 1. The lowest BCUT2D eigenvalue weighted by Crippen LogP contribution is -2.12. The van der Waals surface area contributed by atoms with E-state index in [4.69, 9.17) is 4.74 Å². The number of aryl methyl sites for hydroxylation is 2. The Morgan fingerprint density at radius 1 is 1.05 bits per heavy atom. The van der Waals surface area contributed by atoms with Gasteiger partial charge in [0.2, 0.25) is 0 Å². The Balaban J connectivity index is 2.18. The van der Waals surface area contributed by atoms with Crippen LogP contribution in [0.3, 0.4) is 0 Å². The first-order valence-corrected chi connectivity index (χ1v) is 6.13. The van der Waals surface area contributed by atoms with Crippen LogP contribution >= 0.6 is 0 Å². The van der Waals surface area contributed by atoms with Gasteiger partial charge in [-0.05, 0) is 49.2 Å². The second-order valence-corrected chi connectivity index (χ2v) is 4.49. The summed E-state index contributed by atoms with van der Waals surface area (Å²) in [6.45, 7) is 4.02. The van der Waals surface area contributed by atoms with Crippen LogP contribution in [0.25, 0.3) is 0 Å². The third kappa shape index (κ3) is 3.13.